The molecule has 240 valence electrons. The van der Waals surface area contributed by atoms with Crippen LogP contribution >= 0.6 is 0 Å². The van der Waals surface area contributed by atoms with Gasteiger partial charge in [-0.05, 0) is 40.1 Å². The van der Waals surface area contributed by atoms with E-state index in [0.29, 0.717) is 22.3 Å². The maximum atomic E-state index is 14.2. The van der Waals surface area contributed by atoms with Gasteiger partial charge in [0, 0.05) is 33.4 Å². The third kappa shape index (κ3) is 4.36. The number of aromatic nitrogens is 2. The molecule has 2 aliphatic heterocycles. The first kappa shape index (κ1) is 30.3. The molecule has 2 aliphatic rings. The number of hydrogen-bond donors (Lipinski definition) is 0. The summed E-state index contributed by atoms with van der Waals surface area (Å²) in [4.78, 5) is 33.3. The molecule has 1 aromatic heterocycles. The number of carbonyl (C=O) groups is 2. The standard InChI is InChI=1S/C45H35BN2O2/c1-26(2)30-16-10-17-31(27(3)4)41(30)48-42-32(28-13-6-5-7-14-28)18-12-22-39(42)47-45(48)29-23-24-34-38(25-29)46-37-21-9-8-15-33(37)43(49)35-19-11-20-36(40(35)46)44(34)50/h5-27H,1-4H3. The van der Waals surface area contributed by atoms with Gasteiger partial charge in [0.2, 0.25) is 6.71 Å². The van der Waals surface area contributed by atoms with Crippen molar-refractivity contribution in [3.63, 3.8) is 0 Å². The molecule has 0 spiro atoms. The van der Waals surface area contributed by atoms with Crippen molar-refractivity contribution in [2.75, 3.05) is 0 Å². The van der Waals surface area contributed by atoms with Crippen LogP contribution in [-0.4, -0.2) is 27.8 Å². The Kier molecular flexibility index (Phi) is 6.89. The van der Waals surface area contributed by atoms with E-state index in [1.54, 1.807) is 0 Å². The van der Waals surface area contributed by atoms with Crippen molar-refractivity contribution >= 4 is 45.7 Å². The molecule has 0 saturated heterocycles. The summed E-state index contributed by atoms with van der Waals surface area (Å²) in [5.41, 5.74) is 14.1. The highest BCUT2D eigenvalue weighted by Gasteiger charge is 2.42. The molecule has 0 radical (unpaired) electrons. The largest absolute Gasteiger partial charge is 0.291 e. The van der Waals surface area contributed by atoms with Crippen molar-refractivity contribution in [2.45, 2.75) is 39.5 Å². The van der Waals surface area contributed by atoms with Gasteiger partial charge >= 0.3 is 0 Å². The Morgan fingerprint density at radius 1 is 0.540 bits per heavy atom. The van der Waals surface area contributed by atoms with E-state index in [2.05, 4.69) is 105 Å². The van der Waals surface area contributed by atoms with E-state index in [0.717, 1.165) is 55.6 Å². The van der Waals surface area contributed by atoms with E-state index in [9.17, 15) is 9.59 Å². The third-order valence-corrected chi connectivity index (χ3v) is 10.6. The fourth-order valence-corrected chi connectivity index (χ4v) is 8.30. The number of carbonyl (C=O) groups excluding carboxylic acids is 2. The zero-order chi connectivity index (χ0) is 34.3. The number of fused-ring (bicyclic) bond motifs is 5. The summed E-state index contributed by atoms with van der Waals surface area (Å²) >= 11 is 0. The highest BCUT2D eigenvalue weighted by Crippen LogP contribution is 2.40. The molecule has 0 unspecified atom stereocenters. The molecule has 6 aromatic carbocycles. The van der Waals surface area contributed by atoms with Gasteiger partial charge in [-0.25, -0.2) is 4.98 Å². The summed E-state index contributed by atoms with van der Waals surface area (Å²) < 4.78 is 2.38. The first-order chi connectivity index (χ1) is 24.3. The van der Waals surface area contributed by atoms with Crippen LogP contribution in [0.1, 0.15) is 82.5 Å². The first-order valence-corrected chi connectivity index (χ1v) is 17.5. The summed E-state index contributed by atoms with van der Waals surface area (Å²) in [5, 5.41) is 0. The predicted octanol–water partition coefficient (Wildman–Crippen LogP) is 8.21. The van der Waals surface area contributed by atoms with Crippen LogP contribution < -0.4 is 16.4 Å². The van der Waals surface area contributed by atoms with Crippen LogP contribution in [0.15, 0.2) is 127 Å². The number of para-hydroxylation sites is 2. The van der Waals surface area contributed by atoms with Crippen LogP contribution in [0.4, 0.5) is 0 Å². The summed E-state index contributed by atoms with van der Waals surface area (Å²) in [6, 6.07) is 43.2. The number of nitrogens with zero attached hydrogens (tertiary/aromatic N) is 2. The van der Waals surface area contributed by atoms with Crippen molar-refractivity contribution in [3.8, 4) is 28.2 Å². The Bertz CT molecular complexity index is 2500. The molecule has 0 amide bonds. The molecular weight excluding hydrogens is 611 g/mol. The van der Waals surface area contributed by atoms with E-state index in [1.165, 1.54) is 11.1 Å². The van der Waals surface area contributed by atoms with E-state index < -0.39 is 0 Å². The van der Waals surface area contributed by atoms with Gasteiger partial charge < -0.3 is 0 Å². The quantitative estimate of drug-likeness (QED) is 0.177. The van der Waals surface area contributed by atoms with Crippen LogP contribution in [0.3, 0.4) is 0 Å². The topological polar surface area (TPSA) is 52.0 Å². The average Bonchev–Trinajstić information content (AvgIpc) is 3.54. The lowest BCUT2D eigenvalue weighted by atomic mass is 9.30. The Hall–Kier alpha value is -5.81. The van der Waals surface area contributed by atoms with Gasteiger partial charge in [0.1, 0.15) is 5.82 Å². The molecule has 0 bridgehead atoms. The van der Waals surface area contributed by atoms with Crippen LogP contribution in [0.5, 0.6) is 0 Å². The lowest BCUT2D eigenvalue weighted by Gasteiger charge is -2.32. The first-order valence-electron chi connectivity index (χ1n) is 17.5. The van der Waals surface area contributed by atoms with Gasteiger partial charge in [-0.1, -0.05) is 160 Å². The van der Waals surface area contributed by atoms with Crippen molar-refractivity contribution < 1.29 is 9.59 Å². The molecule has 0 N–H and O–H groups in total. The Balaban J connectivity index is 1.38. The fraction of sp³-hybridized carbons (Fsp3) is 0.133. The monoisotopic (exact) mass is 646 g/mol. The fourth-order valence-electron chi connectivity index (χ4n) is 8.30. The van der Waals surface area contributed by atoms with Gasteiger partial charge in [0.25, 0.3) is 0 Å². The number of ketones is 2. The minimum atomic E-state index is -0.241. The Morgan fingerprint density at radius 3 is 1.82 bits per heavy atom. The minimum absolute atomic E-state index is 0.0251. The van der Waals surface area contributed by atoms with Crippen molar-refractivity contribution in [1.29, 1.82) is 0 Å². The van der Waals surface area contributed by atoms with Crippen LogP contribution in [0, 0.1) is 0 Å². The molecule has 0 fully saturated rings. The van der Waals surface area contributed by atoms with Gasteiger partial charge in [-0.15, -0.1) is 0 Å². The SMILES string of the molecule is CC(C)c1cccc(C(C)C)c1-n1c(-c2ccc3c(c2)B2c4ccccc4C(=O)c4cccc(c42)C3=O)nc2cccc(-c3ccccc3)c21. The Morgan fingerprint density at radius 2 is 1.12 bits per heavy atom. The number of imidazole rings is 1. The lowest BCUT2D eigenvalue weighted by molar-refractivity contribution is 0.103. The molecule has 3 heterocycles. The zero-order valence-corrected chi connectivity index (χ0v) is 28.6. The van der Waals surface area contributed by atoms with Gasteiger partial charge in [0.15, 0.2) is 11.6 Å². The van der Waals surface area contributed by atoms with E-state index >= 15 is 0 Å². The maximum absolute atomic E-state index is 14.2. The molecule has 50 heavy (non-hydrogen) atoms. The average molecular weight is 647 g/mol. The third-order valence-electron chi connectivity index (χ3n) is 10.6. The molecule has 0 aliphatic carbocycles. The van der Waals surface area contributed by atoms with E-state index in [4.69, 9.17) is 4.98 Å². The number of hydrogen-bond acceptors (Lipinski definition) is 3. The van der Waals surface area contributed by atoms with Crippen LogP contribution in [0.2, 0.25) is 0 Å². The van der Waals surface area contributed by atoms with Crippen LogP contribution in [-0.2, 0) is 0 Å². The second-order valence-corrected chi connectivity index (χ2v) is 14.2. The molecule has 4 nitrogen and oxygen atoms in total. The summed E-state index contributed by atoms with van der Waals surface area (Å²) in [5.74, 6) is 1.30. The highest BCUT2D eigenvalue weighted by atomic mass is 16.1. The molecule has 7 aromatic rings. The van der Waals surface area contributed by atoms with Crippen LogP contribution in [0.25, 0.3) is 39.2 Å². The summed E-state index contributed by atoms with van der Waals surface area (Å²) in [6.45, 7) is 8.76. The number of benzene rings is 6. The normalized spacial score (nSPS) is 13.2. The summed E-state index contributed by atoms with van der Waals surface area (Å²) in [7, 11) is 0. The van der Waals surface area contributed by atoms with Gasteiger partial charge in [-0.3, -0.25) is 14.2 Å². The zero-order valence-electron chi connectivity index (χ0n) is 28.6. The molecular formula is C45H35BN2O2. The second kappa shape index (κ2) is 11.4. The Labute approximate surface area is 292 Å². The molecule has 0 saturated carbocycles. The predicted molar refractivity (Wildman–Crippen MR) is 205 cm³/mol. The maximum Gasteiger partial charge on any atom is 0.245 e. The van der Waals surface area contributed by atoms with Crippen molar-refractivity contribution in [1.82, 2.24) is 9.55 Å². The smallest absolute Gasteiger partial charge is 0.245 e. The van der Waals surface area contributed by atoms with Gasteiger partial charge in [0.05, 0.1) is 16.7 Å². The molecule has 9 rings (SSSR count). The minimum Gasteiger partial charge on any atom is -0.291 e. The van der Waals surface area contributed by atoms with E-state index in [-0.39, 0.29) is 30.1 Å². The highest BCUT2D eigenvalue weighted by molar-refractivity contribution is 7.00. The second-order valence-electron chi connectivity index (χ2n) is 14.2. The van der Waals surface area contributed by atoms with Gasteiger partial charge in [-0.2, -0.15) is 0 Å². The summed E-state index contributed by atoms with van der Waals surface area (Å²) in [6.07, 6.45) is 0. The molecule has 0 atom stereocenters. The van der Waals surface area contributed by atoms with Crippen molar-refractivity contribution in [3.05, 3.63) is 161 Å². The number of rotatable bonds is 5. The van der Waals surface area contributed by atoms with E-state index in [1.807, 2.05) is 54.6 Å². The van der Waals surface area contributed by atoms with Crippen molar-refractivity contribution in [2.24, 2.45) is 0 Å². The molecule has 5 heteroatoms. The lowest BCUT2D eigenvalue weighted by Crippen LogP contribution is -2.63.